The summed E-state index contributed by atoms with van der Waals surface area (Å²) in [5, 5.41) is 10.1. The Kier molecular flexibility index (Phi) is 2.97. The van der Waals surface area contributed by atoms with E-state index in [1.54, 1.807) is 19.4 Å². The summed E-state index contributed by atoms with van der Waals surface area (Å²) in [5.41, 5.74) is 2.49. The monoisotopic (exact) mass is 226 g/mol. The fourth-order valence-electron chi connectivity index (χ4n) is 1.96. The van der Waals surface area contributed by atoms with Crippen LogP contribution in [0.5, 0.6) is 5.75 Å². The van der Waals surface area contributed by atoms with Crippen LogP contribution in [-0.2, 0) is 0 Å². The molecule has 0 aliphatic heterocycles. The Labute approximate surface area is 101 Å². The van der Waals surface area contributed by atoms with Crippen molar-refractivity contribution >= 4 is 10.9 Å². The van der Waals surface area contributed by atoms with Crippen molar-refractivity contribution in [1.82, 2.24) is 4.98 Å². The Balaban J connectivity index is 2.85. The van der Waals surface area contributed by atoms with Crippen LogP contribution in [0.3, 0.4) is 0 Å². The van der Waals surface area contributed by atoms with E-state index < -0.39 is 0 Å². The summed E-state index contributed by atoms with van der Waals surface area (Å²) < 4.78 is 5.22. The normalized spacial score (nSPS) is 10.5. The summed E-state index contributed by atoms with van der Waals surface area (Å²) in [6, 6.07) is 7.83. The fourth-order valence-corrected chi connectivity index (χ4v) is 1.96. The maximum atomic E-state index is 9.14. The number of benzene rings is 1. The van der Waals surface area contributed by atoms with Gasteiger partial charge in [-0.05, 0) is 23.6 Å². The molecule has 0 N–H and O–H groups in total. The van der Waals surface area contributed by atoms with Gasteiger partial charge in [0.05, 0.1) is 18.2 Å². The highest BCUT2D eigenvalue weighted by atomic mass is 16.5. The van der Waals surface area contributed by atoms with Crippen LogP contribution in [0.15, 0.2) is 24.4 Å². The topological polar surface area (TPSA) is 45.9 Å². The van der Waals surface area contributed by atoms with Crippen molar-refractivity contribution in [3.8, 4) is 11.8 Å². The van der Waals surface area contributed by atoms with Crippen LogP contribution in [0.25, 0.3) is 10.9 Å². The summed E-state index contributed by atoms with van der Waals surface area (Å²) >= 11 is 0. The van der Waals surface area contributed by atoms with E-state index in [-0.39, 0.29) is 0 Å². The van der Waals surface area contributed by atoms with Gasteiger partial charge in [0.2, 0.25) is 0 Å². The summed E-state index contributed by atoms with van der Waals surface area (Å²) in [4.78, 5) is 4.29. The summed E-state index contributed by atoms with van der Waals surface area (Å²) in [6.45, 7) is 4.25. The smallest absolute Gasteiger partial charge is 0.120 e. The third kappa shape index (κ3) is 1.94. The number of pyridine rings is 1. The van der Waals surface area contributed by atoms with Gasteiger partial charge < -0.3 is 4.74 Å². The zero-order valence-corrected chi connectivity index (χ0v) is 10.2. The molecule has 0 atom stereocenters. The highest BCUT2D eigenvalue weighted by Gasteiger charge is 2.11. The van der Waals surface area contributed by atoms with E-state index in [1.807, 2.05) is 12.1 Å². The first-order chi connectivity index (χ1) is 8.17. The molecular weight excluding hydrogens is 212 g/mol. The van der Waals surface area contributed by atoms with E-state index >= 15 is 0 Å². The molecule has 0 bridgehead atoms. The van der Waals surface area contributed by atoms with Gasteiger partial charge in [0.25, 0.3) is 0 Å². The van der Waals surface area contributed by atoms with Crippen molar-refractivity contribution < 1.29 is 4.74 Å². The van der Waals surface area contributed by atoms with Gasteiger partial charge in [-0.25, -0.2) is 0 Å². The Hall–Kier alpha value is -2.08. The molecule has 2 rings (SSSR count). The second kappa shape index (κ2) is 4.42. The number of aromatic nitrogens is 1. The number of rotatable bonds is 2. The fraction of sp³-hybridized carbons (Fsp3) is 0.286. The minimum atomic E-state index is 0.388. The van der Waals surface area contributed by atoms with Crippen molar-refractivity contribution in [2.24, 2.45) is 0 Å². The zero-order chi connectivity index (χ0) is 12.4. The molecule has 0 saturated heterocycles. The van der Waals surface area contributed by atoms with E-state index in [2.05, 4.69) is 24.9 Å². The number of fused-ring (bicyclic) bond motifs is 1. The van der Waals surface area contributed by atoms with Gasteiger partial charge in [-0.1, -0.05) is 13.8 Å². The molecule has 0 aliphatic carbocycles. The molecule has 0 spiro atoms. The third-order valence-corrected chi connectivity index (χ3v) is 2.83. The largest absolute Gasteiger partial charge is 0.497 e. The SMILES string of the molecule is COc1cc(C#N)c2nccc(C(C)C)c2c1. The van der Waals surface area contributed by atoms with E-state index in [0.29, 0.717) is 17.2 Å². The van der Waals surface area contributed by atoms with Crippen LogP contribution in [0.4, 0.5) is 0 Å². The standard InChI is InChI=1S/C14H14N2O/c1-9(2)12-4-5-16-14-10(8-15)6-11(17-3)7-13(12)14/h4-7,9H,1-3H3. The minimum Gasteiger partial charge on any atom is -0.497 e. The van der Waals surface area contributed by atoms with E-state index in [0.717, 1.165) is 10.9 Å². The lowest BCUT2D eigenvalue weighted by Crippen LogP contribution is -1.94. The predicted molar refractivity (Wildman–Crippen MR) is 67.1 cm³/mol. The number of ether oxygens (including phenoxy) is 1. The molecule has 0 unspecified atom stereocenters. The van der Waals surface area contributed by atoms with Gasteiger partial charge in [-0.2, -0.15) is 5.26 Å². The van der Waals surface area contributed by atoms with Crippen LogP contribution in [0.1, 0.15) is 30.9 Å². The van der Waals surface area contributed by atoms with Crippen molar-refractivity contribution in [2.45, 2.75) is 19.8 Å². The molecule has 1 aromatic carbocycles. The second-order valence-corrected chi connectivity index (χ2v) is 4.24. The molecule has 3 heteroatoms. The maximum absolute atomic E-state index is 9.14. The van der Waals surface area contributed by atoms with Crippen molar-refractivity contribution in [3.63, 3.8) is 0 Å². The van der Waals surface area contributed by atoms with E-state index in [9.17, 15) is 0 Å². The van der Waals surface area contributed by atoms with Crippen molar-refractivity contribution in [1.29, 1.82) is 5.26 Å². The second-order valence-electron chi connectivity index (χ2n) is 4.24. The average Bonchev–Trinajstić information content (AvgIpc) is 2.36. The van der Waals surface area contributed by atoms with Crippen LogP contribution in [-0.4, -0.2) is 12.1 Å². The molecule has 1 heterocycles. The van der Waals surface area contributed by atoms with Gasteiger partial charge in [0.15, 0.2) is 0 Å². The summed E-state index contributed by atoms with van der Waals surface area (Å²) in [6.07, 6.45) is 1.75. The van der Waals surface area contributed by atoms with Gasteiger partial charge in [-0.3, -0.25) is 4.98 Å². The van der Waals surface area contributed by atoms with E-state index in [4.69, 9.17) is 10.00 Å². The van der Waals surface area contributed by atoms with Gasteiger partial charge >= 0.3 is 0 Å². The first kappa shape index (κ1) is 11.4. The highest BCUT2D eigenvalue weighted by Crippen LogP contribution is 2.29. The third-order valence-electron chi connectivity index (χ3n) is 2.83. The van der Waals surface area contributed by atoms with Crippen LogP contribution >= 0.6 is 0 Å². The summed E-state index contributed by atoms with van der Waals surface area (Å²) in [7, 11) is 1.60. The lowest BCUT2D eigenvalue weighted by Gasteiger charge is -2.11. The van der Waals surface area contributed by atoms with E-state index in [1.165, 1.54) is 5.56 Å². The van der Waals surface area contributed by atoms with Gasteiger partial charge in [0.1, 0.15) is 11.8 Å². The maximum Gasteiger partial charge on any atom is 0.120 e. The Morgan fingerprint density at radius 1 is 1.35 bits per heavy atom. The molecule has 0 amide bonds. The molecular formula is C14H14N2O. The minimum absolute atomic E-state index is 0.388. The van der Waals surface area contributed by atoms with Crippen molar-refractivity contribution in [2.75, 3.05) is 7.11 Å². The molecule has 17 heavy (non-hydrogen) atoms. The molecule has 86 valence electrons. The number of nitriles is 1. The van der Waals surface area contributed by atoms with Crippen molar-refractivity contribution in [3.05, 3.63) is 35.5 Å². The molecule has 2 aromatic rings. The lowest BCUT2D eigenvalue weighted by molar-refractivity contribution is 0.415. The Morgan fingerprint density at radius 3 is 2.71 bits per heavy atom. The average molecular weight is 226 g/mol. The molecule has 3 nitrogen and oxygen atoms in total. The molecule has 0 saturated carbocycles. The molecule has 1 aromatic heterocycles. The first-order valence-electron chi connectivity index (χ1n) is 5.54. The van der Waals surface area contributed by atoms with Crippen LogP contribution < -0.4 is 4.74 Å². The Morgan fingerprint density at radius 2 is 2.12 bits per heavy atom. The number of hydrogen-bond acceptors (Lipinski definition) is 3. The van der Waals surface area contributed by atoms with Gasteiger partial charge in [0, 0.05) is 17.6 Å². The first-order valence-corrected chi connectivity index (χ1v) is 5.54. The number of nitrogens with zero attached hydrogens (tertiary/aromatic N) is 2. The number of hydrogen-bond donors (Lipinski definition) is 0. The zero-order valence-electron chi connectivity index (χ0n) is 10.2. The summed E-state index contributed by atoms with van der Waals surface area (Å²) in [5.74, 6) is 1.09. The molecule has 0 aliphatic rings. The lowest BCUT2D eigenvalue weighted by atomic mass is 9.97. The highest BCUT2D eigenvalue weighted by molar-refractivity contribution is 5.88. The molecule has 0 fully saturated rings. The van der Waals surface area contributed by atoms with Gasteiger partial charge in [-0.15, -0.1) is 0 Å². The quantitative estimate of drug-likeness (QED) is 0.789. The predicted octanol–water partition coefficient (Wildman–Crippen LogP) is 3.24. The Bertz CT molecular complexity index is 597. The van der Waals surface area contributed by atoms with Crippen LogP contribution in [0, 0.1) is 11.3 Å². The molecule has 0 radical (unpaired) electrons. The van der Waals surface area contributed by atoms with Crippen LogP contribution in [0.2, 0.25) is 0 Å². The number of methoxy groups -OCH3 is 1.